The van der Waals surface area contributed by atoms with Crippen LogP contribution in [0.15, 0.2) is 30.3 Å². The average molecular weight is 310 g/mol. The monoisotopic (exact) mass is 309 g/mol. The molecule has 0 aliphatic carbocycles. The molecule has 20 heavy (non-hydrogen) atoms. The number of anilines is 1. The SMILES string of the molecule is Cc1ccc(Cl)c(NC(=O)c2cccc(O)c2C)c1Cl. The molecule has 2 aromatic rings. The van der Waals surface area contributed by atoms with Gasteiger partial charge >= 0.3 is 0 Å². The highest BCUT2D eigenvalue weighted by atomic mass is 35.5. The average Bonchev–Trinajstić information content (AvgIpc) is 2.42. The Balaban J connectivity index is 2.38. The van der Waals surface area contributed by atoms with Crippen LogP contribution >= 0.6 is 23.2 Å². The Labute approximate surface area is 127 Å². The number of amides is 1. The van der Waals surface area contributed by atoms with Gasteiger partial charge in [-0.25, -0.2) is 0 Å². The van der Waals surface area contributed by atoms with Gasteiger partial charge in [0.05, 0.1) is 15.7 Å². The van der Waals surface area contributed by atoms with Crippen LogP contribution in [0.5, 0.6) is 5.75 Å². The molecule has 104 valence electrons. The highest BCUT2D eigenvalue weighted by Gasteiger charge is 2.15. The van der Waals surface area contributed by atoms with Gasteiger partial charge in [-0.2, -0.15) is 0 Å². The maximum Gasteiger partial charge on any atom is 0.256 e. The molecule has 0 spiro atoms. The Kier molecular flexibility index (Phi) is 4.21. The molecule has 0 aliphatic rings. The van der Waals surface area contributed by atoms with Crippen molar-refractivity contribution in [2.75, 3.05) is 5.32 Å². The van der Waals surface area contributed by atoms with Crippen LogP contribution in [0.25, 0.3) is 0 Å². The summed E-state index contributed by atoms with van der Waals surface area (Å²) >= 11 is 12.2. The van der Waals surface area contributed by atoms with Gasteiger partial charge in [-0.05, 0) is 37.6 Å². The Morgan fingerprint density at radius 3 is 2.55 bits per heavy atom. The van der Waals surface area contributed by atoms with Crippen LogP contribution in [0, 0.1) is 13.8 Å². The number of nitrogens with one attached hydrogen (secondary N) is 1. The van der Waals surface area contributed by atoms with Crippen LogP contribution in [-0.2, 0) is 0 Å². The quantitative estimate of drug-likeness (QED) is 0.853. The lowest BCUT2D eigenvalue weighted by Crippen LogP contribution is -2.14. The van der Waals surface area contributed by atoms with Crippen molar-refractivity contribution in [3.63, 3.8) is 0 Å². The van der Waals surface area contributed by atoms with Gasteiger partial charge in [-0.1, -0.05) is 35.3 Å². The third-order valence-corrected chi connectivity index (χ3v) is 3.87. The second-order valence-corrected chi connectivity index (χ2v) is 5.24. The lowest BCUT2D eigenvalue weighted by Gasteiger charge is -2.12. The van der Waals surface area contributed by atoms with Gasteiger partial charge in [0.2, 0.25) is 0 Å². The number of hydrogen-bond acceptors (Lipinski definition) is 2. The number of phenols is 1. The molecule has 1 amide bonds. The first-order valence-corrected chi connectivity index (χ1v) is 6.72. The lowest BCUT2D eigenvalue weighted by molar-refractivity contribution is 0.102. The lowest BCUT2D eigenvalue weighted by atomic mass is 10.1. The molecule has 0 radical (unpaired) electrons. The molecular weight excluding hydrogens is 297 g/mol. The molecule has 2 aromatic carbocycles. The van der Waals surface area contributed by atoms with Crippen molar-refractivity contribution < 1.29 is 9.90 Å². The molecule has 5 heteroatoms. The van der Waals surface area contributed by atoms with E-state index in [1.54, 1.807) is 31.2 Å². The van der Waals surface area contributed by atoms with Crippen LogP contribution in [0.4, 0.5) is 5.69 Å². The molecule has 0 fully saturated rings. The van der Waals surface area contributed by atoms with Crippen molar-refractivity contribution in [1.29, 1.82) is 0 Å². The van der Waals surface area contributed by atoms with E-state index in [-0.39, 0.29) is 11.7 Å². The van der Waals surface area contributed by atoms with Gasteiger partial charge in [0, 0.05) is 11.1 Å². The number of carbonyl (C=O) groups is 1. The summed E-state index contributed by atoms with van der Waals surface area (Å²) in [7, 11) is 0. The largest absolute Gasteiger partial charge is 0.508 e. The molecule has 2 N–H and O–H groups in total. The van der Waals surface area contributed by atoms with Gasteiger partial charge in [0.1, 0.15) is 5.75 Å². The second kappa shape index (κ2) is 5.73. The molecule has 0 saturated carbocycles. The number of aryl methyl sites for hydroxylation is 1. The minimum absolute atomic E-state index is 0.0686. The van der Waals surface area contributed by atoms with Crippen LogP contribution in [0.1, 0.15) is 21.5 Å². The normalized spacial score (nSPS) is 10.4. The molecular formula is C15H13Cl2NO2. The minimum Gasteiger partial charge on any atom is -0.508 e. The van der Waals surface area contributed by atoms with E-state index in [9.17, 15) is 9.90 Å². The van der Waals surface area contributed by atoms with E-state index in [1.807, 2.05) is 6.92 Å². The van der Waals surface area contributed by atoms with E-state index in [0.29, 0.717) is 26.9 Å². The predicted octanol–water partition coefficient (Wildman–Crippen LogP) is 4.57. The van der Waals surface area contributed by atoms with Crippen LogP contribution in [0.2, 0.25) is 10.0 Å². The minimum atomic E-state index is -0.368. The first-order valence-electron chi connectivity index (χ1n) is 5.96. The summed E-state index contributed by atoms with van der Waals surface area (Å²) in [5.41, 5.74) is 2.07. The highest BCUT2D eigenvalue weighted by molar-refractivity contribution is 6.40. The van der Waals surface area contributed by atoms with Gasteiger partial charge in [-0.3, -0.25) is 4.79 Å². The molecule has 3 nitrogen and oxygen atoms in total. The number of benzene rings is 2. The molecule has 0 atom stereocenters. The summed E-state index contributed by atoms with van der Waals surface area (Å²) in [6, 6.07) is 8.21. The smallest absolute Gasteiger partial charge is 0.256 e. The molecule has 0 bridgehead atoms. The first-order chi connectivity index (χ1) is 9.41. The summed E-state index contributed by atoms with van der Waals surface area (Å²) in [6.45, 7) is 3.50. The number of rotatable bonds is 2. The maximum absolute atomic E-state index is 12.3. The van der Waals surface area contributed by atoms with Crippen LogP contribution in [-0.4, -0.2) is 11.0 Å². The Morgan fingerprint density at radius 2 is 1.85 bits per heavy atom. The van der Waals surface area contributed by atoms with Crippen LogP contribution in [0.3, 0.4) is 0 Å². The fourth-order valence-corrected chi connectivity index (χ4v) is 2.29. The summed E-state index contributed by atoms with van der Waals surface area (Å²) < 4.78 is 0. The van der Waals surface area contributed by atoms with Crippen molar-refractivity contribution in [2.45, 2.75) is 13.8 Å². The van der Waals surface area contributed by atoms with Crippen molar-refractivity contribution in [2.24, 2.45) is 0 Å². The topological polar surface area (TPSA) is 49.3 Å². The summed E-state index contributed by atoms with van der Waals surface area (Å²) in [5, 5.41) is 13.1. The number of halogens is 2. The van der Waals surface area contributed by atoms with E-state index in [0.717, 1.165) is 5.56 Å². The van der Waals surface area contributed by atoms with E-state index in [1.165, 1.54) is 6.07 Å². The third kappa shape index (κ3) is 2.74. The molecule has 0 aromatic heterocycles. The number of phenolic OH excluding ortho intramolecular Hbond substituents is 1. The van der Waals surface area contributed by atoms with E-state index in [4.69, 9.17) is 23.2 Å². The second-order valence-electron chi connectivity index (χ2n) is 4.46. The van der Waals surface area contributed by atoms with Crippen molar-refractivity contribution in [1.82, 2.24) is 0 Å². The molecule has 0 saturated heterocycles. The molecule has 0 aliphatic heterocycles. The number of hydrogen-bond donors (Lipinski definition) is 2. The zero-order chi connectivity index (χ0) is 14.9. The highest BCUT2D eigenvalue weighted by Crippen LogP contribution is 2.33. The number of carbonyl (C=O) groups excluding carboxylic acids is 1. The van der Waals surface area contributed by atoms with Gasteiger partial charge in [0.15, 0.2) is 0 Å². The standard InChI is InChI=1S/C15H13Cl2NO2/c1-8-6-7-11(16)14(13(8)17)18-15(20)10-4-3-5-12(19)9(10)2/h3-7,19H,1-2H3,(H,18,20). The van der Waals surface area contributed by atoms with Crippen molar-refractivity contribution in [3.8, 4) is 5.75 Å². The summed E-state index contributed by atoms with van der Waals surface area (Å²) in [5.74, 6) is -0.299. The van der Waals surface area contributed by atoms with E-state index >= 15 is 0 Å². The summed E-state index contributed by atoms with van der Waals surface area (Å²) in [4.78, 5) is 12.3. The molecule has 0 heterocycles. The van der Waals surface area contributed by atoms with E-state index in [2.05, 4.69) is 5.32 Å². The first kappa shape index (κ1) is 14.7. The Bertz CT molecular complexity index is 684. The maximum atomic E-state index is 12.3. The Hall–Kier alpha value is -1.71. The van der Waals surface area contributed by atoms with Gasteiger partial charge < -0.3 is 10.4 Å². The zero-order valence-electron chi connectivity index (χ0n) is 11.0. The zero-order valence-corrected chi connectivity index (χ0v) is 12.5. The summed E-state index contributed by atoms with van der Waals surface area (Å²) in [6.07, 6.45) is 0. The Morgan fingerprint density at radius 1 is 1.15 bits per heavy atom. The fourth-order valence-electron chi connectivity index (χ4n) is 1.82. The third-order valence-electron chi connectivity index (χ3n) is 3.07. The van der Waals surface area contributed by atoms with Gasteiger partial charge in [0.25, 0.3) is 5.91 Å². The van der Waals surface area contributed by atoms with Crippen molar-refractivity contribution in [3.05, 3.63) is 57.1 Å². The molecule has 2 rings (SSSR count). The number of aromatic hydroxyl groups is 1. The van der Waals surface area contributed by atoms with Gasteiger partial charge in [-0.15, -0.1) is 0 Å². The molecule has 0 unspecified atom stereocenters. The fraction of sp³-hybridized carbons (Fsp3) is 0.133. The predicted molar refractivity (Wildman–Crippen MR) is 82.0 cm³/mol. The van der Waals surface area contributed by atoms with Crippen molar-refractivity contribution >= 4 is 34.8 Å². The van der Waals surface area contributed by atoms with E-state index < -0.39 is 0 Å². The van der Waals surface area contributed by atoms with Crippen LogP contribution < -0.4 is 5.32 Å².